The second-order valence-electron chi connectivity index (χ2n) is 6.51. The molecule has 3 rings (SSSR count). The van der Waals surface area contributed by atoms with Gasteiger partial charge >= 0.3 is 6.09 Å². The zero-order valence-corrected chi connectivity index (χ0v) is 14.5. The van der Waals surface area contributed by atoms with E-state index in [0.29, 0.717) is 13.0 Å². The first kappa shape index (κ1) is 16.7. The summed E-state index contributed by atoms with van der Waals surface area (Å²) >= 11 is 1.59. The minimum absolute atomic E-state index is 0.159. The molecule has 7 heteroatoms. The van der Waals surface area contributed by atoms with Crippen LogP contribution in [0.25, 0.3) is 10.2 Å². The number of anilines is 1. The third kappa shape index (κ3) is 3.07. The molecule has 2 aromatic rings. The average Bonchev–Trinajstić information content (AvgIpc) is 3.15. The maximum absolute atomic E-state index is 11.9. The van der Waals surface area contributed by atoms with Gasteiger partial charge in [-0.05, 0) is 24.6 Å². The maximum Gasteiger partial charge on any atom is 0.414 e. The highest BCUT2D eigenvalue weighted by atomic mass is 32.1. The third-order valence-electron chi connectivity index (χ3n) is 4.20. The SMILES string of the molecule is CC(C)(CCC#N)c1nc2ccc(N3C[C@H](CO)OC3=O)cc2s1. The van der Waals surface area contributed by atoms with Crippen molar-refractivity contribution in [1.29, 1.82) is 5.26 Å². The van der Waals surface area contributed by atoms with Crippen molar-refractivity contribution in [2.75, 3.05) is 18.1 Å². The number of rotatable bonds is 5. The van der Waals surface area contributed by atoms with Gasteiger partial charge < -0.3 is 9.84 Å². The fourth-order valence-corrected chi connectivity index (χ4v) is 3.80. The normalized spacial score (nSPS) is 18.0. The molecule has 1 amide bonds. The first-order valence-electron chi connectivity index (χ1n) is 7.81. The molecule has 1 aromatic heterocycles. The fourth-order valence-electron chi connectivity index (χ4n) is 2.67. The quantitative estimate of drug-likeness (QED) is 0.899. The lowest BCUT2D eigenvalue weighted by Crippen LogP contribution is -2.25. The summed E-state index contributed by atoms with van der Waals surface area (Å²) in [6.07, 6.45) is 0.339. The zero-order valence-electron chi connectivity index (χ0n) is 13.7. The molecule has 1 aromatic carbocycles. The number of fused-ring (bicyclic) bond motifs is 1. The molecule has 1 atom stereocenters. The van der Waals surface area contributed by atoms with Crippen LogP contribution in [-0.2, 0) is 10.2 Å². The predicted molar refractivity (Wildman–Crippen MR) is 92.2 cm³/mol. The van der Waals surface area contributed by atoms with E-state index < -0.39 is 12.2 Å². The number of thiazole rings is 1. The van der Waals surface area contributed by atoms with Gasteiger partial charge in [0, 0.05) is 17.5 Å². The molecule has 6 nitrogen and oxygen atoms in total. The fraction of sp³-hybridized carbons (Fsp3) is 0.471. The van der Waals surface area contributed by atoms with Crippen molar-refractivity contribution in [3.8, 4) is 6.07 Å². The van der Waals surface area contributed by atoms with Gasteiger partial charge in [-0.15, -0.1) is 11.3 Å². The predicted octanol–water partition coefficient (Wildman–Crippen LogP) is 3.20. The number of ether oxygens (including phenoxy) is 1. The van der Waals surface area contributed by atoms with Crippen molar-refractivity contribution >= 4 is 33.3 Å². The molecular formula is C17H19N3O3S. The summed E-state index contributed by atoms with van der Waals surface area (Å²) in [7, 11) is 0. The monoisotopic (exact) mass is 345 g/mol. The lowest BCUT2D eigenvalue weighted by Gasteiger charge is -2.19. The zero-order chi connectivity index (χ0) is 17.3. The average molecular weight is 345 g/mol. The number of carbonyl (C=O) groups is 1. The summed E-state index contributed by atoms with van der Waals surface area (Å²) < 4.78 is 6.08. The van der Waals surface area contributed by atoms with Crippen molar-refractivity contribution in [3.63, 3.8) is 0 Å². The van der Waals surface area contributed by atoms with E-state index in [1.165, 1.54) is 4.90 Å². The van der Waals surface area contributed by atoms with E-state index in [1.54, 1.807) is 11.3 Å². The van der Waals surface area contributed by atoms with Crippen LogP contribution in [-0.4, -0.2) is 35.4 Å². The standard InChI is InChI=1S/C17H19N3O3S/c1-17(2,6-3-7-18)15-19-13-5-4-11(8-14(13)24-15)20-9-12(10-21)23-16(20)22/h4-5,8,12,21H,3,6,9-10H2,1-2H3/t12-/m1/s1. The second kappa shape index (κ2) is 6.38. The van der Waals surface area contributed by atoms with Gasteiger partial charge in [0.25, 0.3) is 0 Å². The minimum Gasteiger partial charge on any atom is -0.441 e. The molecule has 0 bridgehead atoms. The number of carbonyl (C=O) groups excluding carboxylic acids is 1. The van der Waals surface area contributed by atoms with Gasteiger partial charge in [0.2, 0.25) is 0 Å². The Bertz CT molecular complexity index is 809. The first-order chi connectivity index (χ1) is 11.4. The molecule has 24 heavy (non-hydrogen) atoms. The molecule has 0 radical (unpaired) electrons. The van der Waals surface area contributed by atoms with E-state index in [0.717, 1.165) is 27.3 Å². The second-order valence-corrected chi connectivity index (χ2v) is 7.54. The number of aliphatic hydroxyl groups excluding tert-OH is 1. The third-order valence-corrected chi connectivity index (χ3v) is 5.59. The van der Waals surface area contributed by atoms with E-state index in [4.69, 9.17) is 15.1 Å². The number of nitriles is 1. The molecular weight excluding hydrogens is 326 g/mol. The Labute approximate surface area is 144 Å². The van der Waals surface area contributed by atoms with E-state index in [2.05, 4.69) is 24.9 Å². The first-order valence-corrected chi connectivity index (χ1v) is 8.63. The van der Waals surface area contributed by atoms with Crippen molar-refractivity contribution in [2.45, 2.75) is 38.2 Å². The molecule has 1 fully saturated rings. The van der Waals surface area contributed by atoms with Gasteiger partial charge in [0.05, 0.1) is 34.4 Å². The number of benzene rings is 1. The van der Waals surface area contributed by atoms with Gasteiger partial charge in [0.15, 0.2) is 0 Å². The molecule has 0 aliphatic carbocycles. The van der Waals surface area contributed by atoms with Gasteiger partial charge in [-0.3, -0.25) is 4.90 Å². The van der Waals surface area contributed by atoms with Crippen molar-refractivity contribution in [1.82, 2.24) is 4.98 Å². The van der Waals surface area contributed by atoms with Gasteiger partial charge in [0.1, 0.15) is 6.10 Å². The lowest BCUT2D eigenvalue weighted by atomic mass is 9.89. The molecule has 126 valence electrons. The molecule has 1 aliphatic heterocycles. The number of nitrogens with zero attached hydrogens (tertiary/aromatic N) is 3. The lowest BCUT2D eigenvalue weighted by molar-refractivity contribution is 0.0963. The van der Waals surface area contributed by atoms with Crippen LogP contribution in [0.15, 0.2) is 18.2 Å². The Morgan fingerprint density at radius 1 is 1.54 bits per heavy atom. The van der Waals surface area contributed by atoms with Crippen LogP contribution in [0.3, 0.4) is 0 Å². The Kier molecular flexibility index (Phi) is 4.43. The molecule has 1 aliphatic rings. The molecule has 0 unspecified atom stereocenters. The number of hydrogen-bond donors (Lipinski definition) is 1. The Morgan fingerprint density at radius 3 is 3.00 bits per heavy atom. The van der Waals surface area contributed by atoms with E-state index in [-0.39, 0.29) is 12.0 Å². The van der Waals surface area contributed by atoms with Gasteiger partial charge in [-0.1, -0.05) is 13.8 Å². The number of hydrogen-bond acceptors (Lipinski definition) is 6. The van der Waals surface area contributed by atoms with Crippen LogP contribution < -0.4 is 4.90 Å². The summed E-state index contributed by atoms with van der Waals surface area (Å²) in [5.74, 6) is 0. The smallest absolute Gasteiger partial charge is 0.414 e. The largest absolute Gasteiger partial charge is 0.441 e. The van der Waals surface area contributed by atoms with Crippen LogP contribution in [0.4, 0.5) is 10.5 Å². The van der Waals surface area contributed by atoms with Crippen molar-refractivity contribution < 1.29 is 14.6 Å². The minimum atomic E-state index is -0.477. The summed E-state index contributed by atoms with van der Waals surface area (Å²) in [6.45, 7) is 4.35. The molecule has 2 heterocycles. The number of aromatic nitrogens is 1. The Morgan fingerprint density at radius 2 is 2.33 bits per heavy atom. The number of cyclic esters (lactones) is 1. The highest BCUT2D eigenvalue weighted by Crippen LogP contribution is 2.36. The van der Waals surface area contributed by atoms with Crippen LogP contribution in [0, 0.1) is 11.3 Å². The van der Waals surface area contributed by atoms with E-state index in [1.807, 2.05) is 18.2 Å². The van der Waals surface area contributed by atoms with Crippen LogP contribution in [0.2, 0.25) is 0 Å². The number of amides is 1. The van der Waals surface area contributed by atoms with Gasteiger partial charge in [-0.25, -0.2) is 9.78 Å². The summed E-state index contributed by atoms with van der Waals surface area (Å²) in [6, 6.07) is 7.85. The Balaban J connectivity index is 1.90. The molecule has 1 saturated heterocycles. The van der Waals surface area contributed by atoms with E-state index in [9.17, 15) is 4.79 Å². The van der Waals surface area contributed by atoms with Crippen LogP contribution >= 0.6 is 11.3 Å². The van der Waals surface area contributed by atoms with E-state index >= 15 is 0 Å². The Hall–Kier alpha value is -2.17. The summed E-state index contributed by atoms with van der Waals surface area (Å²) in [5, 5.41) is 18.9. The van der Waals surface area contributed by atoms with Crippen LogP contribution in [0.1, 0.15) is 31.7 Å². The molecule has 0 spiro atoms. The van der Waals surface area contributed by atoms with Gasteiger partial charge in [-0.2, -0.15) is 5.26 Å². The summed E-state index contributed by atoms with van der Waals surface area (Å²) in [5.41, 5.74) is 1.47. The van der Waals surface area contributed by atoms with Crippen molar-refractivity contribution in [3.05, 3.63) is 23.2 Å². The topological polar surface area (TPSA) is 86.5 Å². The number of aliphatic hydroxyl groups is 1. The highest BCUT2D eigenvalue weighted by Gasteiger charge is 2.32. The maximum atomic E-state index is 11.9. The molecule has 0 saturated carbocycles. The summed E-state index contributed by atoms with van der Waals surface area (Å²) in [4.78, 5) is 18.1. The van der Waals surface area contributed by atoms with Crippen LogP contribution in [0.5, 0.6) is 0 Å². The highest BCUT2D eigenvalue weighted by molar-refractivity contribution is 7.18. The van der Waals surface area contributed by atoms with Crippen molar-refractivity contribution in [2.24, 2.45) is 0 Å². The molecule has 1 N–H and O–H groups in total.